The fourth-order valence-corrected chi connectivity index (χ4v) is 4.23. The van der Waals surface area contributed by atoms with Crippen LogP contribution in [-0.4, -0.2) is 30.7 Å². The van der Waals surface area contributed by atoms with Crippen molar-refractivity contribution in [2.75, 3.05) is 0 Å². The summed E-state index contributed by atoms with van der Waals surface area (Å²) in [6.45, 7) is 3.50. The van der Waals surface area contributed by atoms with E-state index in [2.05, 4.69) is 29.9 Å². The summed E-state index contributed by atoms with van der Waals surface area (Å²) in [5.41, 5.74) is 9.86. The molecule has 0 unspecified atom stereocenters. The molecule has 156 valence electrons. The number of carbonyl (C=O) groups is 1. The Morgan fingerprint density at radius 2 is 1.84 bits per heavy atom. The molecule has 1 aliphatic carbocycles. The SMILES string of the molecule is CCn1cc2c(n1)CCc1c(-c3ccccc3)nn(Cc3ccc(C(=O)NO)cc3)c1-2. The number of benzene rings is 2. The zero-order chi connectivity index (χ0) is 21.4. The number of rotatable bonds is 5. The summed E-state index contributed by atoms with van der Waals surface area (Å²) >= 11 is 0. The van der Waals surface area contributed by atoms with Gasteiger partial charge in [0.15, 0.2) is 0 Å². The van der Waals surface area contributed by atoms with E-state index < -0.39 is 5.91 Å². The van der Waals surface area contributed by atoms with Gasteiger partial charge in [-0.3, -0.25) is 19.4 Å². The Hall–Kier alpha value is -3.71. The maximum absolute atomic E-state index is 11.6. The number of hydrogen-bond acceptors (Lipinski definition) is 4. The minimum Gasteiger partial charge on any atom is -0.288 e. The van der Waals surface area contributed by atoms with E-state index in [0.29, 0.717) is 12.1 Å². The van der Waals surface area contributed by atoms with Gasteiger partial charge in [-0.15, -0.1) is 0 Å². The summed E-state index contributed by atoms with van der Waals surface area (Å²) in [6.07, 6.45) is 3.93. The summed E-state index contributed by atoms with van der Waals surface area (Å²) in [7, 11) is 0. The fraction of sp³-hybridized carbons (Fsp3) is 0.208. The lowest BCUT2D eigenvalue weighted by molar-refractivity contribution is 0.0706. The van der Waals surface area contributed by atoms with E-state index in [9.17, 15) is 4.79 Å². The molecule has 7 nitrogen and oxygen atoms in total. The van der Waals surface area contributed by atoms with Crippen LogP contribution in [0.3, 0.4) is 0 Å². The molecule has 0 bridgehead atoms. The van der Waals surface area contributed by atoms with Crippen molar-refractivity contribution in [1.82, 2.24) is 25.0 Å². The summed E-state index contributed by atoms with van der Waals surface area (Å²) in [6, 6.07) is 17.5. The Labute approximate surface area is 179 Å². The zero-order valence-corrected chi connectivity index (χ0v) is 17.2. The van der Waals surface area contributed by atoms with Crippen molar-refractivity contribution in [3.63, 3.8) is 0 Å². The van der Waals surface area contributed by atoms with Gasteiger partial charge < -0.3 is 0 Å². The van der Waals surface area contributed by atoms with Gasteiger partial charge in [-0.2, -0.15) is 10.2 Å². The standard InChI is InChI=1S/C24H23N5O2/c1-2-28-15-20-21(25-28)13-12-19-22(17-6-4-3-5-7-17)26-29(23(19)20)14-16-8-10-18(11-9-16)24(30)27-31/h3-11,15,31H,2,12-14H2,1H3,(H,27,30). The third-order valence-corrected chi connectivity index (χ3v) is 5.78. The molecule has 5 rings (SSSR count). The van der Waals surface area contributed by atoms with Gasteiger partial charge >= 0.3 is 0 Å². The molecular formula is C24H23N5O2. The van der Waals surface area contributed by atoms with Crippen LogP contribution in [0.2, 0.25) is 0 Å². The second kappa shape index (κ2) is 7.85. The van der Waals surface area contributed by atoms with Crippen LogP contribution in [0.25, 0.3) is 22.5 Å². The third-order valence-electron chi connectivity index (χ3n) is 5.78. The highest BCUT2D eigenvalue weighted by Gasteiger charge is 2.28. The zero-order valence-electron chi connectivity index (χ0n) is 17.2. The molecule has 0 saturated carbocycles. The lowest BCUT2D eigenvalue weighted by atomic mass is 9.92. The van der Waals surface area contributed by atoms with Crippen molar-refractivity contribution in [2.24, 2.45) is 0 Å². The normalized spacial score (nSPS) is 12.3. The second-order valence-corrected chi connectivity index (χ2v) is 7.68. The molecule has 1 aliphatic rings. The minimum atomic E-state index is -0.522. The Bertz CT molecular complexity index is 1240. The number of nitrogens with one attached hydrogen (secondary N) is 1. The van der Waals surface area contributed by atoms with E-state index in [4.69, 9.17) is 15.4 Å². The molecule has 2 aromatic heterocycles. The Kier molecular flexibility index (Phi) is 4.88. The molecule has 4 aromatic rings. The van der Waals surface area contributed by atoms with Crippen molar-refractivity contribution in [2.45, 2.75) is 32.9 Å². The number of carbonyl (C=O) groups excluding carboxylic acids is 1. The van der Waals surface area contributed by atoms with E-state index in [1.54, 1.807) is 17.6 Å². The van der Waals surface area contributed by atoms with Gasteiger partial charge in [-0.1, -0.05) is 42.5 Å². The number of nitrogens with zero attached hydrogens (tertiary/aromatic N) is 4. The number of aromatic nitrogens is 4. The number of fused-ring (bicyclic) bond motifs is 3. The highest BCUT2D eigenvalue weighted by Crippen LogP contribution is 2.38. The Morgan fingerprint density at radius 1 is 1.06 bits per heavy atom. The van der Waals surface area contributed by atoms with Gasteiger partial charge in [0.2, 0.25) is 0 Å². The van der Waals surface area contributed by atoms with Crippen LogP contribution in [0.4, 0.5) is 0 Å². The smallest absolute Gasteiger partial charge is 0.274 e. The summed E-state index contributed by atoms with van der Waals surface area (Å²) < 4.78 is 4.04. The first-order valence-corrected chi connectivity index (χ1v) is 10.4. The van der Waals surface area contributed by atoms with Crippen LogP contribution in [0.1, 0.15) is 34.1 Å². The number of aryl methyl sites for hydroxylation is 2. The van der Waals surface area contributed by atoms with Crippen LogP contribution >= 0.6 is 0 Å². The maximum Gasteiger partial charge on any atom is 0.274 e. The highest BCUT2D eigenvalue weighted by molar-refractivity contribution is 5.93. The molecule has 0 radical (unpaired) electrons. The first kappa shape index (κ1) is 19.3. The van der Waals surface area contributed by atoms with E-state index in [0.717, 1.165) is 53.2 Å². The van der Waals surface area contributed by atoms with Gasteiger partial charge in [0, 0.05) is 35.0 Å². The van der Waals surface area contributed by atoms with E-state index in [1.807, 2.05) is 35.0 Å². The summed E-state index contributed by atoms with van der Waals surface area (Å²) in [4.78, 5) is 11.6. The first-order valence-electron chi connectivity index (χ1n) is 10.4. The lowest BCUT2D eigenvalue weighted by Crippen LogP contribution is -2.18. The van der Waals surface area contributed by atoms with Gasteiger partial charge in [0.1, 0.15) is 0 Å². The van der Waals surface area contributed by atoms with Crippen molar-refractivity contribution >= 4 is 5.91 Å². The van der Waals surface area contributed by atoms with Crippen molar-refractivity contribution < 1.29 is 10.0 Å². The first-order chi connectivity index (χ1) is 15.2. The average molecular weight is 413 g/mol. The van der Waals surface area contributed by atoms with E-state index in [-0.39, 0.29) is 0 Å². The van der Waals surface area contributed by atoms with Gasteiger partial charge in [-0.05, 0) is 37.5 Å². The molecule has 1 amide bonds. The molecule has 31 heavy (non-hydrogen) atoms. The molecule has 0 spiro atoms. The van der Waals surface area contributed by atoms with Crippen molar-refractivity contribution in [3.05, 3.63) is 83.2 Å². The van der Waals surface area contributed by atoms with E-state index in [1.165, 1.54) is 5.56 Å². The molecule has 0 saturated heterocycles. The molecule has 0 atom stereocenters. The third kappa shape index (κ3) is 3.43. The lowest BCUT2D eigenvalue weighted by Gasteiger charge is -2.14. The Balaban J connectivity index is 1.60. The second-order valence-electron chi connectivity index (χ2n) is 7.68. The summed E-state index contributed by atoms with van der Waals surface area (Å²) in [5.74, 6) is -0.522. The molecular weight excluding hydrogens is 390 g/mol. The molecule has 7 heteroatoms. The molecule has 0 fully saturated rings. The average Bonchev–Trinajstić information content (AvgIpc) is 3.40. The topological polar surface area (TPSA) is 85.0 Å². The molecule has 2 N–H and O–H groups in total. The number of amides is 1. The van der Waals surface area contributed by atoms with Crippen molar-refractivity contribution in [1.29, 1.82) is 0 Å². The van der Waals surface area contributed by atoms with Crippen LogP contribution in [0.5, 0.6) is 0 Å². The van der Waals surface area contributed by atoms with Gasteiger partial charge in [-0.25, -0.2) is 5.48 Å². The van der Waals surface area contributed by atoms with E-state index >= 15 is 0 Å². The maximum atomic E-state index is 11.6. The molecule has 2 heterocycles. The summed E-state index contributed by atoms with van der Waals surface area (Å²) in [5, 5.41) is 18.6. The van der Waals surface area contributed by atoms with Crippen LogP contribution in [0.15, 0.2) is 60.8 Å². The Morgan fingerprint density at radius 3 is 2.55 bits per heavy atom. The van der Waals surface area contributed by atoms with Crippen LogP contribution < -0.4 is 5.48 Å². The monoisotopic (exact) mass is 413 g/mol. The van der Waals surface area contributed by atoms with Crippen molar-refractivity contribution in [3.8, 4) is 22.5 Å². The molecule has 2 aromatic carbocycles. The molecule has 0 aliphatic heterocycles. The van der Waals surface area contributed by atoms with Gasteiger partial charge in [0.05, 0.1) is 23.6 Å². The number of hydroxylamine groups is 1. The minimum absolute atomic E-state index is 0.408. The predicted molar refractivity (Wildman–Crippen MR) is 117 cm³/mol. The quantitative estimate of drug-likeness (QED) is 0.386. The highest BCUT2D eigenvalue weighted by atomic mass is 16.5. The fourth-order valence-electron chi connectivity index (χ4n) is 4.23. The largest absolute Gasteiger partial charge is 0.288 e. The predicted octanol–water partition coefficient (Wildman–Crippen LogP) is 3.70. The van der Waals surface area contributed by atoms with Crippen LogP contribution in [-0.2, 0) is 25.9 Å². The van der Waals surface area contributed by atoms with Crippen LogP contribution in [0, 0.1) is 0 Å². The number of hydrogen-bond donors (Lipinski definition) is 2. The van der Waals surface area contributed by atoms with Gasteiger partial charge in [0.25, 0.3) is 5.91 Å².